The zero-order chi connectivity index (χ0) is 14.8. The number of aliphatic hydroxyl groups is 1. The number of fused-ring (bicyclic) bond motifs is 1. The first-order valence-electron chi connectivity index (χ1n) is 6.36. The number of carbonyl (C=O) groups excluding carboxylic acids is 1. The summed E-state index contributed by atoms with van der Waals surface area (Å²) in [7, 11) is 0. The maximum atomic E-state index is 12.2. The van der Waals surface area contributed by atoms with Crippen molar-refractivity contribution >= 4 is 38.5 Å². The molecule has 1 amide bonds. The molecule has 3 aromatic rings. The van der Waals surface area contributed by atoms with Crippen LogP contribution >= 0.6 is 15.9 Å². The van der Waals surface area contributed by atoms with E-state index < -0.39 is 0 Å². The van der Waals surface area contributed by atoms with Crippen molar-refractivity contribution < 1.29 is 14.3 Å². The Morgan fingerprint density at radius 2 is 2.00 bits per heavy atom. The average Bonchev–Trinajstić information content (AvgIpc) is 2.93. The first-order chi connectivity index (χ1) is 10.2. The summed E-state index contributed by atoms with van der Waals surface area (Å²) in [5.41, 5.74) is 2.00. The van der Waals surface area contributed by atoms with Crippen molar-refractivity contribution in [2.45, 2.75) is 6.61 Å². The van der Waals surface area contributed by atoms with E-state index in [2.05, 4.69) is 21.2 Å². The minimum Gasteiger partial charge on any atom is -0.450 e. The zero-order valence-corrected chi connectivity index (χ0v) is 12.6. The lowest BCUT2D eigenvalue weighted by molar-refractivity contribution is 0.0998. The number of aliphatic hydroxyl groups excluding tert-OH is 1. The fourth-order valence-corrected chi connectivity index (χ4v) is 2.54. The molecule has 0 unspecified atom stereocenters. The van der Waals surface area contributed by atoms with Gasteiger partial charge in [-0.15, -0.1) is 0 Å². The van der Waals surface area contributed by atoms with E-state index in [1.165, 1.54) is 0 Å². The lowest BCUT2D eigenvalue weighted by atomic mass is 10.2. The van der Waals surface area contributed by atoms with Crippen molar-refractivity contribution in [2.24, 2.45) is 0 Å². The third kappa shape index (κ3) is 2.84. The maximum absolute atomic E-state index is 12.2. The number of halogens is 1. The largest absolute Gasteiger partial charge is 0.450 e. The Hall–Kier alpha value is -2.11. The molecule has 1 heterocycles. The summed E-state index contributed by atoms with van der Waals surface area (Å²) in [6.45, 7) is -0.0682. The average molecular weight is 346 g/mol. The second-order valence-electron chi connectivity index (χ2n) is 4.58. The van der Waals surface area contributed by atoms with Gasteiger partial charge in [-0.25, -0.2) is 0 Å². The number of carbonyl (C=O) groups is 1. The predicted molar refractivity (Wildman–Crippen MR) is 84.2 cm³/mol. The van der Waals surface area contributed by atoms with Crippen molar-refractivity contribution in [2.75, 3.05) is 5.32 Å². The second kappa shape index (κ2) is 5.71. The third-order valence-electron chi connectivity index (χ3n) is 3.09. The van der Waals surface area contributed by atoms with E-state index in [9.17, 15) is 4.79 Å². The summed E-state index contributed by atoms with van der Waals surface area (Å²) >= 11 is 3.39. The van der Waals surface area contributed by atoms with Gasteiger partial charge in [-0.3, -0.25) is 4.79 Å². The summed E-state index contributed by atoms with van der Waals surface area (Å²) in [6.07, 6.45) is 0. The lowest BCUT2D eigenvalue weighted by Gasteiger charge is -2.04. The minimum atomic E-state index is -0.326. The molecule has 0 bridgehead atoms. The molecule has 0 radical (unpaired) electrons. The van der Waals surface area contributed by atoms with Gasteiger partial charge < -0.3 is 14.8 Å². The molecule has 0 fully saturated rings. The maximum Gasteiger partial charge on any atom is 0.291 e. The summed E-state index contributed by atoms with van der Waals surface area (Å²) in [4.78, 5) is 12.2. The molecule has 0 saturated carbocycles. The molecule has 5 heteroatoms. The smallest absolute Gasteiger partial charge is 0.291 e. The van der Waals surface area contributed by atoms with Gasteiger partial charge >= 0.3 is 0 Å². The highest BCUT2D eigenvalue weighted by Crippen LogP contribution is 2.27. The number of amides is 1. The van der Waals surface area contributed by atoms with Crippen LogP contribution in [0.15, 0.2) is 57.4 Å². The summed E-state index contributed by atoms with van der Waals surface area (Å²) in [5, 5.41) is 12.7. The monoisotopic (exact) mass is 345 g/mol. The van der Waals surface area contributed by atoms with Gasteiger partial charge in [0.05, 0.1) is 11.1 Å². The Morgan fingerprint density at radius 3 is 2.76 bits per heavy atom. The molecule has 0 atom stereocenters. The van der Waals surface area contributed by atoms with Crippen molar-refractivity contribution in [3.8, 4) is 0 Å². The molecule has 0 aliphatic carbocycles. The normalized spacial score (nSPS) is 10.8. The summed E-state index contributed by atoms with van der Waals surface area (Å²) in [6, 6.07) is 14.4. The number of para-hydroxylation sites is 1. The van der Waals surface area contributed by atoms with Crippen LogP contribution in [0.4, 0.5) is 5.69 Å². The number of hydrogen-bond donors (Lipinski definition) is 2. The predicted octanol–water partition coefficient (Wildman–Crippen LogP) is 3.94. The number of hydrogen-bond acceptors (Lipinski definition) is 3. The molecule has 0 aliphatic rings. The fraction of sp³-hybridized carbons (Fsp3) is 0.0625. The van der Waals surface area contributed by atoms with E-state index in [1.807, 2.05) is 18.2 Å². The van der Waals surface area contributed by atoms with E-state index >= 15 is 0 Å². The van der Waals surface area contributed by atoms with Gasteiger partial charge in [0.1, 0.15) is 5.58 Å². The standard InChI is InChI=1S/C16H12BrNO3/c17-13-6-2-4-11-8-14(21-15(11)13)16(20)18-12-5-1-3-10(7-12)9-19/h1-8,19H,9H2,(H,18,20). The number of rotatable bonds is 3. The Balaban J connectivity index is 1.88. The highest BCUT2D eigenvalue weighted by atomic mass is 79.9. The molecule has 0 aliphatic heterocycles. The van der Waals surface area contributed by atoms with Crippen molar-refractivity contribution in [3.63, 3.8) is 0 Å². The molecule has 4 nitrogen and oxygen atoms in total. The van der Waals surface area contributed by atoms with Crippen LogP contribution in [0, 0.1) is 0 Å². The van der Waals surface area contributed by atoms with Crippen molar-refractivity contribution in [1.29, 1.82) is 0 Å². The highest BCUT2D eigenvalue weighted by molar-refractivity contribution is 9.10. The Bertz CT molecular complexity index is 810. The summed E-state index contributed by atoms with van der Waals surface area (Å²) < 4.78 is 6.39. The molecule has 0 spiro atoms. The fourth-order valence-electron chi connectivity index (χ4n) is 2.08. The number of anilines is 1. The van der Waals surface area contributed by atoms with E-state index in [0.717, 1.165) is 15.4 Å². The molecule has 3 rings (SSSR count). The highest BCUT2D eigenvalue weighted by Gasteiger charge is 2.14. The van der Waals surface area contributed by atoms with Gasteiger partial charge in [0, 0.05) is 11.1 Å². The van der Waals surface area contributed by atoms with E-state index in [1.54, 1.807) is 30.3 Å². The SMILES string of the molecule is O=C(Nc1cccc(CO)c1)c1cc2cccc(Br)c2o1. The van der Waals surface area contributed by atoms with Gasteiger partial charge in [-0.05, 0) is 45.8 Å². The van der Waals surface area contributed by atoms with E-state index in [0.29, 0.717) is 11.3 Å². The molecular weight excluding hydrogens is 334 g/mol. The molecule has 2 N–H and O–H groups in total. The van der Waals surface area contributed by atoms with Gasteiger partial charge in [-0.1, -0.05) is 24.3 Å². The van der Waals surface area contributed by atoms with E-state index in [4.69, 9.17) is 9.52 Å². The van der Waals surface area contributed by atoms with E-state index in [-0.39, 0.29) is 18.3 Å². The van der Waals surface area contributed by atoms with Crippen LogP contribution in [0.25, 0.3) is 11.0 Å². The van der Waals surface area contributed by atoms with Gasteiger partial charge in [0.15, 0.2) is 5.76 Å². The van der Waals surface area contributed by atoms with Crippen molar-refractivity contribution in [3.05, 3.63) is 64.3 Å². The molecule has 0 saturated heterocycles. The Morgan fingerprint density at radius 1 is 1.19 bits per heavy atom. The second-order valence-corrected chi connectivity index (χ2v) is 5.44. The molecule has 21 heavy (non-hydrogen) atoms. The number of furan rings is 1. The minimum absolute atomic E-state index is 0.0682. The van der Waals surface area contributed by atoms with Crippen LogP contribution in [0.5, 0.6) is 0 Å². The van der Waals surface area contributed by atoms with Crippen LogP contribution in [0.1, 0.15) is 16.1 Å². The molecule has 1 aromatic heterocycles. The van der Waals surface area contributed by atoms with Gasteiger partial charge in [0.2, 0.25) is 0 Å². The third-order valence-corrected chi connectivity index (χ3v) is 3.71. The summed E-state index contributed by atoms with van der Waals surface area (Å²) in [5.74, 6) is -0.0838. The lowest BCUT2D eigenvalue weighted by Crippen LogP contribution is -2.10. The van der Waals surface area contributed by atoms with Crippen LogP contribution in [0.2, 0.25) is 0 Å². The Kier molecular flexibility index (Phi) is 3.77. The quantitative estimate of drug-likeness (QED) is 0.755. The first-order valence-corrected chi connectivity index (χ1v) is 7.16. The van der Waals surface area contributed by atoms with Gasteiger partial charge in [0.25, 0.3) is 5.91 Å². The number of benzene rings is 2. The molecular formula is C16H12BrNO3. The van der Waals surface area contributed by atoms with Crippen LogP contribution in [-0.2, 0) is 6.61 Å². The Labute approximate surface area is 129 Å². The van der Waals surface area contributed by atoms with Crippen LogP contribution in [0.3, 0.4) is 0 Å². The van der Waals surface area contributed by atoms with Crippen LogP contribution in [-0.4, -0.2) is 11.0 Å². The number of nitrogens with one attached hydrogen (secondary N) is 1. The first kappa shape index (κ1) is 13.9. The van der Waals surface area contributed by atoms with Crippen LogP contribution < -0.4 is 5.32 Å². The topological polar surface area (TPSA) is 62.5 Å². The zero-order valence-electron chi connectivity index (χ0n) is 11.0. The molecule has 2 aromatic carbocycles. The van der Waals surface area contributed by atoms with Crippen molar-refractivity contribution in [1.82, 2.24) is 0 Å². The molecule has 106 valence electrons. The van der Waals surface area contributed by atoms with Gasteiger partial charge in [-0.2, -0.15) is 0 Å².